The van der Waals surface area contributed by atoms with Gasteiger partial charge >= 0.3 is 12.3 Å². The third kappa shape index (κ3) is 3.80. The summed E-state index contributed by atoms with van der Waals surface area (Å²) in [5.74, 6) is -0.439. The first-order valence-corrected chi connectivity index (χ1v) is 7.52. The Kier molecular flexibility index (Phi) is 4.87. The van der Waals surface area contributed by atoms with E-state index in [0.29, 0.717) is 0 Å². The van der Waals surface area contributed by atoms with E-state index in [9.17, 15) is 22.8 Å². The van der Waals surface area contributed by atoms with Gasteiger partial charge in [0.05, 0.1) is 18.4 Å². The zero-order chi connectivity index (χ0) is 19.0. The number of halogens is 3. The molecule has 0 radical (unpaired) electrons. The number of carbonyl (C=O) groups is 2. The van der Waals surface area contributed by atoms with Crippen LogP contribution in [0.15, 0.2) is 12.1 Å². The summed E-state index contributed by atoms with van der Waals surface area (Å²) in [5, 5.41) is 2.43. The number of hydrogen-bond donors (Lipinski definition) is 1. The van der Waals surface area contributed by atoms with Gasteiger partial charge in [0.1, 0.15) is 5.75 Å². The molecule has 0 unspecified atom stereocenters. The van der Waals surface area contributed by atoms with Gasteiger partial charge in [-0.2, -0.15) is 13.2 Å². The van der Waals surface area contributed by atoms with Crippen LogP contribution in [0.5, 0.6) is 5.75 Å². The number of ether oxygens (including phenoxy) is 2. The van der Waals surface area contributed by atoms with Gasteiger partial charge in [-0.1, -0.05) is 0 Å². The number of anilines is 1. The van der Waals surface area contributed by atoms with E-state index < -0.39 is 29.3 Å². The van der Waals surface area contributed by atoms with E-state index >= 15 is 0 Å². The maximum absolute atomic E-state index is 13.1. The summed E-state index contributed by atoms with van der Waals surface area (Å²) in [5.41, 5.74) is -1.92. The Morgan fingerprint density at radius 3 is 2.56 bits per heavy atom. The second-order valence-electron chi connectivity index (χ2n) is 6.12. The van der Waals surface area contributed by atoms with Gasteiger partial charge in [0.2, 0.25) is 0 Å². The molecule has 2 amide bonds. The molecule has 9 heteroatoms. The highest BCUT2D eigenvalue weighted by molar-refractivity contribution is 6.02. The molecule has 1 heterocycles. The van der Waals surface area contributed by atoms with Crippen molar-refractivity contribution in [1.29, 1.82) is 0 Å². The fourth-order valence-electron chi connectivity index (χ4n) is 2.59. The fraction of sp³-hybridized carbons (Fsp3) is 0.500. The van der Waals surface area contributed by atoms with Gasteiger partial charge in [-0.15, -0.1) is 0 Å². The van der Waals surface area contributed by atoms with Crippen LogP contribution in [0.25, 0.3) is 0 Å². The second kappa shape index (κ2) is 6.45. The summed E-state index contributed by atoms with van der Waals surface area (Å²) >= 11 is 0. The van der Waals surface area contributed by atoms with Crippen LogP contribution in [0.3, 0.4) is 0 Å². The normalized spacial score (nSPS) is 16.1. The number of alkyl halides is 3. The van der Waals surface area contributed by atoms with E-state index in [1.54, 1.807) is 0 Å². The molecule has 1 aliphatic rings. The first-order valence-electron chi connectivity index (χ1n) is 7.52. The summed E-state index contributed by atoms with van der Waals surface area (Å²) in [6.07, 6.45) is -5.19. The lowest BCUT2D eigenvalue weighted by Crippen LogP contribution is -2.54. The zero-order valence-corrected chi connectivity index (χ0v) is 14.3. The number of nitrogens with one attached hydrogen (secondary N) is 1. The minimum atomic E-state index is -4.52. The molecule has 0 saturated heterocycles. The first kappa shape index (κ1) is 18.9. The van der Waals surface area contributed by atoms with Gasteiger partial charge < -0.3 is 19.7 Å². The monoisotopic (exact) mass is 360 g/mol. The molecule has 1 aliphatic heterocycles. The minimum Gasteiger partial charge on any atom is -0.476 e. The lowest BCUT2D eigenvalue weighted by molar-refractivity contribution is -0.138. The third-order valence-corrected chi connectivity index (χ3v) is 3.82. The van der Waals surface area contributed by atoms with Crippen LogP contribution in [0.4, 0.5) is 23.7 Å². The molecule has 0 bridgehead atoms. The summed E-state index contributed by atoms with van der Waals surface area (Å²) in [6, 6.07) is 2.17. The van der Waals surface area contributed by atoms with Crippen molar-refractivity contribution >= 4 is 17.7 Å². The van der Waals surface area contributed by atoms with Gasteiger partial charge in [0.15, 0.2) is 5.60 Å². The largest absolute Gasteiger partial charge is 0.476 e. The Bertz CT molecular complexity index is 701. The number of methoxy groups -OCH3 is 1. The average molecular weight is 360 g/mol. The minimum absolute atomic E-state index is 0.0201. The van der Waals surface area contributed by atoms with Crippen LogP contribution >= 0.6 is 0 Å². The Morgan fingerprint density at radius 1 is 1.36 bits per heavy atom. The predicted molar refractivity (Wildman–Crippen MR) is 83.6 cm³/mol. The molecule has 138 valence electrons. The third-order valence-electron chi connectivity index (χ3n) is 3.82. The van der Waals surface area contributed by atoms with Crippen LogP contribution in [0.1, 0.15) is 25.0 Å². The van der Waals surface area contributed by atoms with Crippen molar-refractivity contribution < 1.29 is 32.2 Å². The Morgan fingerprint density at radius 2 is 2.00 bits per heavy atom. The van der Waals surface area contributed by atoms with Gasteiger partial charge in [-0.25, -0.2) is 4.79 Å². The highest BCUT2D eigenvalue weighted by Crippen LogP contribution is 2.43. The van der Waals surface area contributed by atoms with Crippen LogP contribution in [-0.4, -0.2) is 37.8 Å². The van der Waals surface area contributed by atoms with Crippen molar-refractivity contribution in [2.45, 2.75) is 32.5 Å². The summed E-state index contributed by atoms with van der Waals surface area (Å²) in [4.78, 5) is 25.0. The first-order chi connectivity index (χ1) is 11.5. The van der Waals surface area contributed by atoms with E-state index in [0.717, 1.165) is 6.07 Å². The van der Waals surface area contributed by atoms with E-state index in [-0.39, 0.29) is 30.1 Å². The maximum Gasteiger partial charge on any atom is 0.416 e. The smallest absolute Gasteiger partial charge is 0.416 e. The van der Waals surface area contributed by atoms with Crippen LogP contribution in [-0.2, 0) is 15.7 Å². The molecule has 0 fully saturated rings. The van der Waals surface area contributed by atoms with Gasteiger partial charge in [-0.05, 0) is 38.5 Å². The van der Waals surface area contributed by atoms with E-state index in [1.165, 1.54) is 38.8 Å². The van der Waals surface area contributed by atoms with Gasteiger partial charge in [0, 0.05) is 13.1 Å². The highest BCUT2D eigenvalue weighted by atomic mass is 19.4. The molecule has 0 saturated carbocycles. The number of alkyl carbamates (subject to hydrolysis) is 1. The number of nitrogens with zero attached hydrogens (tertiary/aromatic N) is 1. The Hall–Kier alpha value is -2.45. The number of fused-ring (bicyclic) bond motifs is 1. The standard InChI is InChI=1S/C16H19F3N2O4/c1-9-7-11-12(8-10(9)16(17,18)19)25-15(2,3)13(22)21(11)6-5-20-14(23)24-4/h7-8H,5-6H2,1-4H3,(H,20,23). The number of benzene rings is 1. The van der Waals surface area contributed by atoms with Crippen molar-refractivity contribution in [3.63, 3.8) is 0 Å². The van der Waals surface area contributed by atoms with Crippen molar-refractivity contribution in [2.24, 2.45) is 0 Å². The molecule has 1 N–H and O–H groups in total. The quantitative estimate of drug-likeness (QED) is 0.900. The molecule has 25 heavy (non-hydrogen) atoms. The van der Waals surface area contributed by atoms with Gasteiger partial charge in [0.25, 0.3) is 5.91 Å². The zero-order valence-electron chi connectivity index (χ0n) is 14.3. The second-order valence-corrected chi connectivity index (χ2v) is 6.12. The van der Waals surface area contributed by atoms with E-state index in [1.807, 2.05) is 0 Å². The molecule has 0 atom stereocenters. The topological polar surface area (TPSA) is 67.9 Å². The summed E-state index contributed by atoms with van der Waals surface area (Å²) in [7, 11) is 1.20. The van der Waals surface area contributed by atoms with E-state index in [4.69, 9.17) is 4.74 Å². The number of aryl methyl sites for hydroxylation is 1. The molecule has 0 aliphatic carbocycles. The molecule has 6 nitrogen and oxygen atoms in total. The maximum atomic E-state index is 13.1. The lowest BCUT2D eigenvalue weighted by Gasteiger charge is -2.39. The molecule has 2 rings (SSSR count). The Labute approximate surface area is 142 Å². The van der Waals surface area contributed by atoms with E-state index in [2.05, 4.69) is 10.1 Å². The average Bonchev–Trinajstić information content (AvgIpc) is 2.50. The Balaban J connectivity index is 2.40. The molecule has 0 spiro atoms. The predicted octanol–water partition coefficient (Wildman–Crippen LogP) is 2.87. The number of carbonyl (C=O) groups excluding carboxylic acids is 2. The number of amides is 2. The number of hydrogen-bond acceptors (Lipinski definition) is 4. The van der Waals surface area contributed by atoms with Crippen molar-refractivity contribution in [3.8, 4) is 5.75 Å². The molecular weight excluding hydrogens is 341 g/mol. The molecule has 1 aromatic rings. The van der Waals surface area contributed by atoms with Crippen LogP contribution in [0, 0.1) is 6.92 Å². The lowest BCUT2D eigenvalue weighted by atomic mass is 10.00. The van der Waals surface area contributed by atoms with Crippen molar-refractivity contribution in [1.82, 2.24) is 5.32 Å². The van der Waals surface area contributed by atoms with Crippen LogP contribution < -0.4 is 15.0 Å². The highest BCUT2D eigenvalue weighted by Gasteiger charge is 2.43. The van der Waals surface area contributed by atoms with Gasteiger partial charge in [-0.3, -0.25) is 4.79 Å². The fourth-order valence-corrected chi connectivity index (χ4v) is 2.59. The number of rotatable bonds is 3. The summed E-state index contributed by atoms with van der Waals surface area (Å²) < 4.78 is 49.3. The SMILES string of the molecule is COC(=O)NCCN1C(=O)C(C)(C)Oc2cc(C(F)(F)F)c(C)cc21. The molecular formula is C16H19F3N2O4. The molecule has 1 aromatic carbocycles. The van der Waals surface area contributed by atoms with Crippen molar-refractivity contribution in [2.75, 3.05) is 25.1 Å². The van der Waals surface area contributed by atoms with Crippen LogP contribution in [0.2, 0.25) is 0 Å². The summed E-state index contributed by atoms with van der Waals surface area (Å²) in [6.45, 7) is 4.42. The molecule has 0 aromatic heterocycles. The van der Waals surface area contributed by atoms with Crippen molar-refractivity contribution in [3.05, 3.63) is 23.3 Å².